The molecule has 0 N–H and O–H groups in total. The van der Waals surface area contributed by atoms with Crippen LogP contribution in [0.5, 0.6) is 0 Å². The topological polar surface area (TPSA) is 61.2 Å². The molecule has 7 heteroatoms. The van der Waals surface area contributed by atoms with Gasteiger partial charge in [-0.3, -0.25) is 0 Å². The molecule has 0 aromatic heterocycles. The average Bonchev–Trinajstić information content (AvgIpc) is 2.53. The Morgan fingerprint density at radius 1 is 1.09 bits per heavy atom. The van der Waals surface area contributed by atoms with Gasteiger partial charge in [-0.15, -0.1) is 0 Å². The summed E-state index contributed by atoms with van der Waals surface area (Å²) in [7, 11) is -4.24. The van der Waals surface area contributed by atoms with E-state index in [2.05, 4.69) is 0 Å². The second-order valence-corrected chi connectivity index (χ2v) is 8.08. The molecular formula is C16H18F2N2O2S. The minimum Gasteiger partial charge on any atom is -0.207 e. The Labute approximate surface area is 134 Å². The standard InChI is InChI=1S/C16H18F2N2O2S/c17-13-8-11(10-19)9-14(18)16(13)23(21,22)20-7-3-5-12-4-1-2-6-15(12)20/h8-9,12,15H,1-7H2/t12-,15-/m1/s1. The van der Waals surface area contributed by atoms with E-state index in [1.807, 2.05) is 0 Å². The smallest absolute Gasteiger partial charge is 0.207 e. The van der Waals surface area contributed by atoms with Crippen LogP contribution in [0.15, 0.2) is 17.0 Å². The molecule has 3 rings (SSSR count). The molecule has 4 nitrogen and oxygen atoms in total. The third kappa shape index (κ3) is 2.86. The van der Waals surface area contributed by atoms with Gasteiger partial charge in [-0.1, -0.05) is 12.8 Å². The molecule has 2 aliphatic rings. The van der Waals surface area contributed by atoms with Gasteiger partial charge in [0.2, 0.25) is 10.0 Å². The van der Waals surface area contributed by atoms with Crippen LogP contribution in [-0.4, -0.2) is 25.3 Å². The second-order valence-electron chi connectivity index (χ2n) is 6.25. The third-order valence-electron chi connectivity index (χ3n) is 4.89. The highest BCUT2D eigenvalue weighted by Gasteiger charge is 2.42. The predicted molar refractivity (Wildman–Crippen MR) is 79.9 cm³/mol. The van der Waals surface area contributed by atoms with Gasteiger partial charge in [-0.2, -0.15) is 9.57 Å². The Morgan fingerprint density at radius 2 is 1.70 bits per heavy atom. The molecule has 0 amide bonds. The van der Waals surface area contributed by atoms with Crippen molar-refractivity contribution in [1.82, 2.24) is 4.31 Å². The number of fused-ring (bicyclic) bond motifs is 1. The summed E-state index contributed by atoms with van der Waals surface area (Å²) in [6.07, 6.45) is 5.40. The summed E-state index contributed by atoms with van der Waals surface area (Å²) in [6.45, 7) is 0.294. The Balaban J connectivity index is 2.03. The molecule has 1 aromatic carbocycles. The number of rotatable bonds is 2. The molecule has 2 fully saturated rings. The van der Waals surface area contributed by atoms with E-state index >= 15 is 0 Å². The van der Waals surface area contributed by atoms with E-state index in [-0.39, 0.29) is 17.5 Å². The van der Waals surface area contributed by atoms with Gasteiger partial charge in [0, 0.05) is 12.6 Å². The van der Waals surface area contributed by atoms with E-state index in [9.17, 15) is 17.2 Å². The summed E-state index contributed by atoms with van der Waals surface area (Å²) < 4.78 is 55.3. The molecule has 0 unspecified atom stereocenters. The zero-order chi connectivity index (χ0) is 16.6. The third-order valence-corrected chi connectivity index (χ3v) is 6.86. The number of hydrogen-bond donors (Lipinski definition) is 0. The molecule has 23 heavy (non-hydrogen) atoms. The van der Waals surface area contributed by atoms with Crippen molar-refractivity contribution in [3.8, 4) is 6.07 Å². The van der Waals surface area contributed by atoms with E-state index < -0.39 is 26.6 Å². The van der Waals surface area contributed by atoms with Crippen LogP contribution in [0.2, 0.25) is 0 Å². The lowest BCUT2D eigenvalue weighted by molar-refractivity contribution is 0.128. The van der Waals surface area contributed by atoms with Gasteiger partial charge in [0.1, 0.15) is 11.6 Å². The number of piperidine rings is 1. The maximum absolute atomic E-state index is 14.2. The molecule has 2 atom stereocenters. The fourth-order valence-electron chi connectivity index (χ4n) is 3.87. The normalized spacial score (nSPS) is 25.6. The van der Waals surface area contributed by atoms with E-state index in [4.69, 9.17) is 5.26 Å². The van der Waals surface area contributed by atoms with Gasteiger partial charge in [0.25, 0.3) is 0 Å². The molecule has 1 aromatic rings. The van der Waals surface area contributed by atoms with E-state index in [0.29, 0.717) is 13.0 Å². The lowest BCUT2D eigenvalue weighted by Gasteiger charge is -2.43. The van der Waals surface area contributed by atoms with Gasteiger partial charge in [0.15, 0.2) is 4.90 Å². The summed E-state index contributed by atoms with van der Waals surface area (Å²) in [5.74, 6) is -2.12. The van der Waals surface area contributed by atoms with Gasteiger partial charge >= 0.3 is 0 Å². The number of sulfonamides is 1. The minimum absolute atomic E-state index is 0.169. The van der Waals surface area contributed by atoms with Crippen molar-refractivity contribution in [2.24, 2.45) is 5.92 Å². The molecule has 1 saturated heterocycles. The Morgan fingerprint density at radius 3 is 2.35 bits per heavy atom. The van der Waals surface area contributed by atoms with Crippen molar-refractivity contribution in [3.05, 3.63) is 29.3 Å². The predicted octanol–water partition coefficient (Wildman–Crippen LogP) is 3.18. The van der Waals surface area contributed by atoms with Crippen LogP contribution in [-0.2, 0) is 10.0 Å². The van der Waals surface area contributed by atoms with Crippen LogP contribution < -0.4 is 0 Å². The number of hydrogen-bond acceptors (Lipinski definition) is 3. The largest absolute Gasteiger partial charge is 0.249 e. The van der Waals surface area contributed by atoms with Crippen molar-refractivity contribution >= 4 is 10.0 Å². The van der Waals surface area contributed by atoms with E-state index in [0.717, 1.165) is 44.2 Å². The zero-order valence-electron chi connectivity index (χ0n) is 12.6. The van der Waals surface area contributed by atoms with Gasteiger partial charge in [-0.25, -0.2) is 17.2 Å². The lowest BCUT2D eigenvalue weighted by Crippen LogP contribution is -2.49. The van der Waals surface area contributed by atoms with Crippen molar-refractivity contribution in [3.63, 3.8) is 0 Å². The highest BCUT2D eigenvalue weighted by molar-refractivity contribution is 7.89. The quantitative estimate of drug-likeness (QED) is 0.831. The number of nitrogens with zero attached hydrogens (tertiary/aromatic N) is 2. The van der Waals surface area contributed by atoms with Crippen molar-refractivity contribution < 1.29 is 17.2 Å². The highest BCUT2D eigenvalue weighted by Crippen LogP contribution is 2.38. The summed E-state index contributed by atoms with van der Waals surface area (Å²) in [5, 5.41) is 8.74. The summed E-state index contributed by atoms with van der Waals surface area (Å²) in [6, 6.07) is 3.01. The van der Waals surface area contributed by atoms with Crippen LogP contribution >= 0.6 is 0 Å². The molecule has 0 bridgehead atoms. The number of benzene rings is 1. The maximum atomic E-state index is 14.2. The van der Waals surface area contributed by atoms with Gasteiger partial charge < -0.3 is 0 Å². The first-order valence-corrected chi connectivity index (χ1v) is 9.30. The Kier molecular flexibility index (Phi) is 4.39. The SMILES string of the molecule is N#Cc1cc(F)c(S(=O)(=O)N2CCC[C@H]3CCCC[C@H]32)c(F)c1. The minimum atomic E-state index is -4.24. The molecule has 1 aliphatic heterocycles. The fourth-order valence-corrected chi connectivity index (χ4v) is 5.71. The first kappa shape index (κ1) is 16.3. The average molecular weight is 340 g/mol. The van der Waals surface area contributed by atoms with E-state index in [1.54, 1.807) is 6.07 Å². The molecule has 0 radical (unpaired) electrons. The van der Waals surface area contributed by atoms with E-state index in [1.165, 1.54) is 4.31 Å². The van der Waals surface area contributed by atoms with Crippen LogP contribution in [0.1, 0.15) is 44.1 Å². The molecule has 0 spiro atoms. The molecule has 1 aliphatic carbocycles. The van der Waals surface area contributed by atoms with Crippen molar-refractivity contribution in [1.29, 1.82) is 5.26 Å². The van der Waals surface area contributed by atoms with Crippen LogP contribution in [0.25, 0.3) is 0 Å². The molecule has 124 valence electrons. The Hall–Kier alpha value is -1.52. The lowest BCUT2D eigenvalue weighted by atomic mass is 9.79. The fraction of sp³-hybridized carbons (Fsp3) is 0.562. The molecule has 1 saturated carbocycles. The first-order chi connectivity index (χ1) is 10.9. The van der Waals surface area contributed by atoms with Gasteiger partial charge in [0.05, 0.1) is 11.6 Å². The van der Waals surface area contributed by atoms with Crippen LogP contribution in [0.3, 0.4) is 0 Å². The molecular weight excluding hydrogens is 322 g/mol. The van der Waals surface area contributed by atoms with Crippen molar-refractivity contribution in [2.45, 2.75) is 49.5 Å². The Bertz CT molecular complexity index is 733. The van der Waals surface area contributed by atoms with Crippen LogP contribution in [0, 0.1) is 28.9 Å². The second kappa shape index (κ2) is 6.17. The highest BCUT2D eigenvalue weighted by atomic mass is 32.2. The summed E-state index contributed by atoms with van der Waals surface area (Å²) >= 11 is 0. The zero-order valence-corrected chi connectivity index (χ0v) is 13.5. The first-order valence-electron chi connectivity index (χ1n) is 7.86. The summed E-state index contributed by atoms with van der Waals surface area (Å²) in [5.41, 5.74) is -0.229. The van der Waals surface area contributed by atoms with Crippen molar-refractivity contribution in [2.75, 3.05) is 6.54 Å². The molecule has 1 heterocycles. The summed E-state index contributed by atoms with van der Waals surface area (Å²) in [4.78, 5) is -0.928. The van der Waals surface area contributed by atoms with Crippen LogP contribution in [0.4, 0.5) is 8.78 Å². The van der Waals surface area contributed by atoms with Gasteiger partial charge in [-0.05, 0) is 43.7 Å². The number of nitriles is 1. The monoisotopic (exact) mass is 340 g/mol. The maximum Gasteiger partial charge on any atom is 0.249 e. The number of halogens is 2.